The number of carbonyl (C=O) groups is 1. The van der Waals surface area contributed by atoms with Gasteiger partial charge in [-0.2, -0.15) is 9.72 Å². The van der Waals surface area contributed by atoms with Crippen LogP contribution in [0.2, 0.25) is 5.15 Å². The van der Waals surface area contributed by atoms with E-state index in [0.717, 1.165) is 0 Å². The van der Waals surface area contributed by atoms with Gasteiger partial charge in [-0.15, -0.1) is 10.2 Å². The molecule has 0 aliphatic rings. The zero-order valence-corrected chi connectivity index (χ0v) is 9.11. The minimum atomic E-state index is -0.614. The van der Waals surface area contributed by atoms with Gasteiger partial charge in [-0.1, -0.05) is 11.6 Å². The van der Waals surface area contributed by atoms with Crippen LogP contribution in [-0.2, 0) is 0 Å². The van der Waals surface area contributed by atoms with Gasteiger partial charge in [0, 0.05) is 12.3 Å². The zero-order valence-electron chi connectivity index (χ0n) is 8.36. The van der Waals surface area contributed by atoms with Gasteiger partial charge >= 0.3 is 6.03 Å². The van der Waals surface area contributed by atoms with Crippen LogP contribution in [0.1, 0.15) is 0 Å². The second kappa shape index (κ2) is 4.66. The van der Waals surface area contributed by atoms with Crippen LogP contribution in [-0.4, -0.2) is 30.8 Å². The van der Waals surface area contributed by atoms with Gasteiger partial charge in [0.15, 0.2) is 0 Å². The highest BCUT2D eigenvalue weighted by molar-refractivity contribution is 6.29. The fourth-order valence-electron chi connectivity index (χ4n) is 1.04. The number of halogens is 1. The molecule has 2 rings (SSSR count). The average molecular weight is 255 g/mol. The van der Waals surface area contributed by atoms with E-state index in [1.165, 1.54) is 35.7 Å². The fraction of sp³-hybridized carbons (Fsp3) is 0. The van der Waals surface area contributed by atoms with Crippen LogP contribution >= 0.6 is 11.6 Å². The number of aromatic nitrogens is 4. The van der Waals surface area contributed by atoms with E-state index < -0.39 is 6.03 Å². The van der Waals surface area contributed by atoms with Crippen LogP contribution < -0.4 is 10.8 Å². The first-order valence-corrected chi connectivity index (χ1v) is 4.81. The quantitative estimate of drug-likeness (QED) is 0.562. The first-order chi connectivity index (χ1) is 8.15. The van der Waals surface area contributed by atoms with Crippen LogP contribution in [0.4, 0.5) is 4.79 Å². The number of urea groups is 1. The van der Waals surface area contributed by atoms with Crippen LogP contribution in [0, 0.1) is 0 Å². The Balaban J connectivity index is 2.18. The Kier molecular flexibility index (Phi) is 3.06. The molecule has 0 saturated heterocycles. The number of nitrogens with one attached hydrogen (secondary N) is 1. The Morgan fingerprint density at radius 3 is 2.82 bits per heavy atom. The molecule has 2 N–H and O–H groups in total. The van der Waals surface area contributed by atoms with Crippen molar-refractivity contribution in [2.24, 2.45) is 4.99 Å². The summed E-state index contributed by atoms with van der Waals surface area (Å²) < 4.78 is 1.96. The molecule has 0 unspecified atom stereocenters. The molecule has 2 aromatic heterocycles. The van der Waals surface area contributed by atoms with E-state index in [0.29, 0.717) is 10.1 Å². The number of rotatable bonds is 1. The summed E-state index contributed by atoms with van der Waals surface area (Å²) in [4.78, 5) is 15.1. The Labute approximate surface area is 99.7 Å². The third-order valence-electron chi connectivity index (χ3n) is 1.75. The molecule has 9 heteroatoms. The molecule has 88 valence electrons. The number of pyridine rings is 1. The number of carbonyl (C=O) groups excluding carboxylic acids is 1. The van der Waals surface area contributed by atoms with Crippen molar-refractivity contribution in [2.45, 2.75) is 0 Å². The fourth-order valence-corrected chi connectivity index (χ4v) is 1.20. The van der Waals surface area contributed by atoms with Crippen molar-refractivity contribution in [3.8, 4) is 0 Å². The molecule has 0 aliphatic heterocycles. The molecule has 0 saturated carbocycles. The van der Waals surface area contributed by atoms with Gasteiger partial charge in [0.05, 0.1) is 5.36 Å². The summed E-state index contributed by atoms with van der Waals surface area (Å²) in [6.07, 6.45) is 3.90. The van der Waals surface area contributed by atoms with E-state index in [9.17, 15) is 4.79 Å². The molecule has 0 radical (unpaired) electrons. The highest BCUT2D eigenvalue weighted by Gasteiger charge is 1.99. The number of amides is 2. The lowest BCUT2D eigenvalue weighted by molar-refractivity contribution is 0.185. The van der Waals surface area contributed by atoms with Gasteiger partial charge < -0.3 is 5.21 Å². The van der Waals surface area contributed by atoms with Crippen molar-refractivity contribution in [2.75, 3.05) is 5.43 Å². The molecule has 2 aromatic rings. The summed E-state index contributed by atoms with van der Waals surface area (Å²) in [6.45, 7) is 0. The lowest BCUT2D eigenvalue weighted by Gasteiger charge is -2.00. The van der Waals surface area contributed by atoms with Crippen molar-refractivity contribution < 1.29 is 10.0 Å². The summed E-state index contributed by atoms with van der Waals surface area (Å²) in [7, 11) is 0. The number of hydrogen-bond acceptors (Lipinski definition) is 4. The first kappa shape index (κ1) is 11.1. The molecule has 17 heavy (non-hydrogen) atoms. The van der Waals surface area contributed by atoms with Gasteiger partial charge in [-0.3, -0.25) is 0 Å². The van der Waals surface area contributed by atoms with Crippen molar-refractivity contribution >= 4 is 17.6 Å². The van der Waals surface area contributed by atoms with Crippen LogP contribution in [0.15, 0.2) is 36.0 Å². The Hall–Kier alpha value is -2.35. The Bertz CT molecular complexity index is 590. The number of hydrogen-bond donors (Lipinski definition) is 2. The van der Waals surface area contributed by atoms with Crippen molar-refractivity contribution in [1.82, 2.24) is 19.6 Å². The zero-order chi connectivity index (χ0) is 12.3. The van der Waals surface area contributed by atoms with E-state index in [1.54, 1.807) is 0 Å². The molecule has 0 aromatic carbocycles. The topological polar surface area (TPSA) is 97.3 Å². The smallest absolute Gasteiger partial charge is 0.360 e. The Morgan fingerprint density at radius 1 is 1.47 bits per heavy atom. The first-order valence-electron chi connectivity index (χ1n) is 4.43. The molecule has 0 bridgehead atoms. The molecular weight excluding hydrogens is 248 g/mol. The largest absolute Gasteiger partial charge is 0.428 e. The highest BCUT2D eigenvalue weighted by atomic mass is 35.5. The summed E-state index contributed by atoms with van der Waals surface area (Å²) in [5.74, 6) is 0. The predicted octanol–water partition coefficient (Wildman–Crippen LogP) is 0.235. The van der Waals surface area contributed by atoms with E-state index >= 15 is 0 Å². The summed E-state index contributed by atoms with van der Waals surface area (Å²) in [6, 6.07) is 2.15. The third-order valence-corrected chi connectivity index (χ3v) is 2.03. The van der Waals surface area contributed by atoms with Gasteiger partial charge in [0.1, 0.15) is 17.8 Å². The average Bonchev–Trinajstić information content (AvgIpc) is 2.76. The van der Waals surface area contributed by atoms with Gasteiger partial charge in [0.2, 0.25) is 0 Å². The Morgan fingerprint density at radius 2 is 2.18 bits per heavy atom. The van der Waals surface area contributed by atoms with Crippen LogP contribution in [0.3, 0.4) is 0 Å². The van der Waals surface area contributed by atoms with Crippen LogP contribution in [0.5, 0.6) is 0 Å². The predicted molar refractivity (Wildman–Crippen MR) is 57.0 cm³/mol. The maximum absolute atomic E-state index is 11.4. The maximum atomic E-state index is 11.4. The second-order valence-corrected chi connectivity index (χ2v) is 3.34. The molecular formula is C8H7ClN6O2. The third kappa shape index (κ3) is 2.82. The molecule has 2 amide bonds. The van der Waals surface area contributed by atoms with Crippen molar-refractivity contribution in [1.29, 1.82) is 0 Å². The monoisotopic (exact) mass is 254 g/mol. The van der Waals surface area contributed by atoms with E-state index in [2.05, 4.69) is 20.6 Å². The maximum Gasteiger partial charge on any atom is 0.360 e. The van der Waals surface area contributed by atoms with Gasteiger partial charge in [0.25, 0.3) is 0 Å². The van der Waals surface area contributed by atoms with Gasteiger partial charge in [-0.05, 0) is 6.07 Å². The summed E-state index contributed by atoms with van der Waals surface area (Å²) >= 11 is 5.64. The number of nitrogens with zero attached hydrogens (tertiary/aromatic N) is 5. The highest BCUT2D eigenvalue weighted by Crippen LogP contribution is 2.00. The molecule has 2 heterocycles. The lowest BCUT2D eigenvalue weighted by Crippen LogP contribution is -2.20. The normalized spacial score (nSPS) is 11.5. The van der Waals surface area contributed by atoms with Crippen molar-refractivity contribution in [3.05, 3.63) is 41.5 Å². The van der Waals surface area contributed by atoms with Crippen LogP contribution in [0.25, 0.3) is 0 Å². The minimum absolute atomic E-state index is 0.0448. The molecule has 8 nitrogen and oxygen atoms in total. The molecule has 0 spiro atoms. The van der Waals surface area contributed by atoms with E-state index in [1.807, 2.05) is 0 Å². The van der Waals surface area contributed by atoms with E-state index in [-0.39, 0.29) is 5.15 Å². The second-order valence-electron chi connectivity index (χ2n) is 2.95. The van der Waals surface area contributed by atoms with E-state index in [4.69, 9.17) is 16.8 Å². The summed E-state index contributed by atoms with van der Waals surface area (Å²) in [5, 5.41) is 16.5. The van der Waals surface area contributed by atoms with Gasteiger partial charge in [-0.25, -0.2) is 14.9 Å². The van der Waals surface area contributed by atoms with Crippen molar-refractivity contribution in [3.63, 3.8) is 0 Å². The molecule has 0 aliphatic carbocycles. The SMILES string of the molecule is O=C(/N=c1/ccn(O)c(Cl)c1)Nn1cnnc1. The standard InChI is InChI=1S/C8H7ClN6O2/c9-7-3-6(1-2-15(7)17)12-8(16)13-14-4-10-11-5-14/h1-5,17H,(H,13,16)/b12-6-. The minimum Gasteiger partial charge on any atom is -0.428 e. The lowest BCUT2D eigenvalue weighted by atomic mass is 10.5. The molecule has 0 fully saturated rings. The molecule has 0 atom stereocenters. The summed E-state index contributed by atoms with van der Waals surface area (Å²) in [5.41, 5.74) is 2.38.